The summed E-state index contributed by atoms with van der Waals surface area (Å²) in [4.78, 5) is 30.5. The second-order valence-corrected chi connectivity index (χ2v) is 13.1. The summed E-state index contributed by atoms with van der Waals surface area (Å²) in [7, 11) is 4.26. The van der Waals surface area contributed by atoms with E-state index in [1.165, 1.54) is 11.3 Å². The zero-order valence-corrected chi connectivity index (χ0v) is 24.4. The molecule has 2 aromatic carbocycles. The maximum atomic E-state index is 13.4. The Morgan fingerprint density at radius 3 is 2.50 bits per heavy atom. The Bertz CT molecular complexity index is 1430. The fourth-order valence-corrected chi connectivity index (χ4v) is 6.90. The highest BCUT2D eigenvalue weighted by atomic mass is 16.2. The van der Waals surface area contributed by atoms with E-state index in [0.29, 0.717) is 18.2 Å². The number of carbonyl (C=O) groups excluding carboxylic acids is 2. The van der Waals surface area contributed by atoms with Crippen molar-refractivity contribution in [1.29, 1.82) is 0 Å². The highest BCUT2D eigenvalue weighted by Gasteiger charge is 2.35. The number of nitrogens with zero attached hydrogens (tertiary/aromatic N) is 3. The summed E-state index contributed by atoms with van der Waals surface area (Å²) in [5.41, 5.74) is 8.39. The average molecular weight is 540 g/mol. The summed E-state index contributed by atoms with van der Waals surface area (Å²) in [6.07, 6.45) is 6.29. The molecule has 2 aliphatic carbocycles. The monoisotopic (exact) mass is 539 g/mol. The minimum Gasteiger partial charge on any atom is -0.349 e. The molecule has 0 unspecified atom stereocenters. The van der Waals surface area contributed by atoms with Crippen LogP contribution in [0.2, 0.25) is 0 Å². The van der Waals surface area contributed by atoms with Gasteiger partial charge in [0.25, 0.3) is 11.8 Å². The van der Waals surface area contributed by atoms with E-state index in [1.54, 1.807) is 0 Å². The molecular weight excluding hydrogens is 498 g/mol. The summed E-state index contributed by atoms with van der Waals surface area (Å²) < 4.78 is 0. The van der Waals surface area contributed by atoms with Crippen LogP contribution in [0.15, 0.2) is 42.5 Å². The Balaban J connectivity index is 1.11. The minimum atomic E-state index is -0.0998. The van der Waals surface area contributed by atoms with Crippen molar-refractivity contribution in [1.82, 2.24) is 25.3 Å². The topological polar surface area (TPSA) is 81.3 Å². The van der Waals surface area contributed by atoms with Gasteiger partial charge in [-0.05, 0) is 100 Å². The van der Waals surface area contributed by atoms with Crippen molar-refractivity contribution in [2.24, 2.45) is 5.41 Å². The van der Waals surface area contributed by atoms with Crippen LogP contribution in [0.25, 0.3) is 11.3 Å². The summed E-state index contributed by atoms with van der Waals surface area (Å²) >= 11 is 0. The Morgan fingerprint density at radius 2 is 1.80 bits per heavy atom. The van der Waals surface area contributed by atoms with Crippen LogP contribution in [0.5, 0.6) is 0 Å². The molecule has 210 valence electrons. The third kappa shape index (κ3) is 4.96. The molecule has 1 atom stereocenters. The number of H-pyrrole nitrogens is 1. The second-order valence-electron chi connectivity index (χ2n) is 13.1. The first-order valence-corrected chi connectivity index (χ1v) is 14.7. The van der Waals surface area contributed by atoms with E-state index in [1.807, 2.05) is 41.3 Å². The molecule has 3 aromatic rings. The number of amides is 2. The smallest absolute Gasteiger partial charge is 0.255 e. The van der Waals surface area contributed by atoms with Crippen LogP contribution in [0, 0.1) is 5.41 Å². The third-order valence-corrected chi connectivity index (χ3v) is 9.36. The van der Waals surface area contributed by atoms with Crippen LogP contribution in [-0.4, -0.2) is 58.0 Å². The zero-order chi connectivity index (χ0) is 28.2. The van der Waals surface area contributed by atoms with Gasteiger partial charge in [-0.25, -0.2) is 0 Å². The van der Waals surface area contributed by atoms with Gasteiger partial charge in [-0.15, -0.1) is 0 Å². The van der Waals surface area contributed by atoms with E-state index in [9.17, 15) is 9.59 Å². The van der Waals surface area contributed by atoms with E-state index in [4.69, 9.17) is 0 Å². The molecule has 7 heteroatoms. The number of rotatable bonds is 6. The van der Waals surface area contributed by atoms with Crippen LogP contribution in [0.4, 0.5) is 0 Å². The number of hydrogen-bond acceptors (Lipinski definition) is 4. The highest BCUT2D eigenvalue weighted by Crippen LogP contribution is 2.41. The molecule has 2 N–H and O–H groups in total. The van der Waals surface area contributed by atoms with E-state index in [2.05, 4.69) is 61.3 Å². The molecule has 3 aliphatic rings. The number of carbonyl (C=O) groups is 2. The third-order valence-electron chi connectivity index (χ3n) is 9.36. The lowest BCUT2D eigenvalue weighted by Gasteiger charge is -2.33. The molecule has 6 rings (SSSR count). The molecule has 1 aliphatic heterocycles. The van der Waals surface area contributed by atoms with Gasteiger partial charge in [-0.1, -0.05) is 32.0 Å². The standard InChI is InChI=1S/C33H41N5O2/c1-20(21-6-8-22(9-7-21)31(39)34-25-11-13-26(14-12-25)37(4)5)38-19-24-16-23(10-15-27(24)32(38)40)30-28-17-33(2,3)18-29(28)35-36-30/h6-10,15-16,20,25-26H,11-14,17-19H2,1-5H3,(H,34,39)(H,35,36)/t20-,25?,26?/m1/s1. The first-order valence-electron chi connectivity index (χ1n) is 14.7. The Morgan fingerprint density at radius 1 is 1.07 bits per heavy atom. The molecule has 0 spiro atoms. The molecule has 2 amide bonds. The molecule has 2 heterocycles. The van der Waals surface area contributed by atoms with Crippen LogP contribution in [-0.2, 0) is 19.4 Å². The maximum Gasteiger partial charge on any atom is 0.255 e. The van der Waals surface area contributed by atoms with E-state index < -0.39 is 0 Å². The molecular formula is C33H41N5O2. The lowest BCUT2D eigenvalue weighted by Crippen LogP contribution is -2.41. The zero-order valence-electron chi connectivity index (χ0n) is 24.4. The van der Waals surface area contributed by atoms with Gasteiger partial charge in [0, 0.05) is 46.6 Å². The van der Waals surface area contributed by atoms with Crippen molar-refractivity contribution in [2.75, 3.05) is 14.1 Å². The van der Waals surface area contributed by atoms with Crippen molar-refractivity contribution in [3.63, 3.8) is 0 Å². The van der Waals surface area contributed by atoms with Crippen LogP contribution >= 0.6 is 0 Å². The molecule has 1 saturated carbocycles. The molecule has 1 aromatic heterocycles. The van der Waals surface area contributed by atoms with Crippen LogP contribution < -0.4 is 5.32 Å². The fraction of sp³-hybridized carbons (Fsp3) is 0.485. The van der Waals surface area contributed by atoms with E-state index in [0.717, 1.165) is 66.5 Å². The Hall–Kier alpha value is -3.45. The lowest BCUT2D eigenvalue weighted by molar-refractivity contribution is 0.0715. The van der Waals surface area contributed by atoms with Crippen LogP contribution in [0.1, 0.15) is 95.6 Å². The quantitative estimate of drug-likeness (QED) is 0.432. The maximum absolute atomic E-state index is 13.4. The van der Waals surface area contributed by atoms with Gasteiger partial charge in [-0.2, -0.15) is 5.10 Å². The average Bonchev–Trinajstić information content (AvgIpc) is 3.57. The molecule has 0 bridgehead atoms. The predicted molar refractivity (Wildman–Crippen MR) is 157 cm³/mol. The summed E-state index contributed by atoms with van der Waals surface area (Å²) in [5.74, 6) is 0.0375. The predicted octanol–water partition coefficient (Wildman–Crippen LogP) is 5.52. The summed E-state index contributed by atoms with van der Waals surface area (Å²) in [6.45, 7) is 7.22. The van der Waals surface area contributed by atoms with Gasteiger partial charge in [0.05, 0.1) is 11.7 Å². The number of benzene rings is 2. The van der Waals surface area contributed by atoms with E-state index in [-0.39, 0.29) is 29.3 Å². The number of hydrogen-bond donors (Lipinski definition) is 2. The number of aromatic nitrogens is 2. The van der Waals surface area contributed by atoms with Gasteiger partial charge in [0.1, 0.15) is 0 Å². The van der Waals surface area contributed by atoms with Gasteiger partial charge >= 0.3 is 0 Å². The Kier molecular flexibility index (Phi) is 6.81. The van der Waals surface area contributed by atoms with Crippen molar-refractivity contribution >= 4 is 11.8 Å². The fourth-order valence-electron chi connectivity index (χ4n) is 6.90. The van der Waals surface area contributed by atoms with Gasteiger partial charge < -0.3 is 15.1 Å². The number of aromatic amines is 1. The van der Waals surface area contributed by atoms with Crippen molar-refractivity contribution in [2.45, 2.75) is 84.0 Å². The Labute approximate surface area is 237 Å². The van der Waals surface area contributed by atoms with Crippen molar-refractivity contribution in [3.05, 3.63) is 76.0 Å². The normalized spacial score (nSPS) is 22.4. The SMILES string of the molecule is C[C@H](c1ccc(C(=O)NC2CCC(N(C)C)CC2)cc1)N1Cc2cc(-c3n[nH]c4c3CC(C)(C)C4)ccc2C1=O. The second kappa shape index (κ2) is 10.2. The minimum absolute atomic E-state index is 0.0158. The van der Waals surface area contributed by atoms with Gasteiger partial charge in [0.2, 0.25) is 0 Å². The van der Waals surface area contributed by atoms with Crippen molar-refractivity contribution in [3.8, 4) is 11.3 Å². The van der Waals surface area contributed by atoms with Gasteiger partial charge in [0.15, 0.2) is 0 Å². The molecule has 0 saturated heterocycles. The number of fused-ring (bicyclic) bond motifs is 2. The highest BCUT2D eigenvalue weighted by molar-refractivity contribution is 5.99. The van der Waals surface area contributed by atoms with E-state index >= 15 is 0 Å². The first kappa shape index (κ1) is 26.8. The van der Waals surface area contributed by atoms with Crippen molar-refractivity contribution < 1.29 is 9.59 Å². The summed E-state index contributed by atoms with van der Waals surface area (Å²) in [6, 6.07) is 14.6. The van der Waals surface area contributed by atoms with Gasteiger partial charge in [-0.3, -0.25) is 14.7 Å². The lowest BCUT2D eigenvalue weighted by atomic mass is 9.90. The molecule has 7 nitrogen and oxygen atoms in total. The summed E-state index contributed by atoms with van der Waals surface area (Å²) in [5, 5.41) is 11.1. The molecule has 1 fully saturated rings. The molecule has 0 radical (unpaired) electrons. The number of nitrogens with one attached hydrogen (secondary N) is 2. The van der Waals surface area contributed by atoms with Crippen LogP contribution in [0.3, 0.4) is 0 Å². The molecule has 40 heavy (non-hydrogen) atoms. The largest absolute Gasteiger partial charge is 0.349 e. The first-order chi connectivity index (χ1) is 19.1.